The minimum absolute atomic E-state index is 0.104. The fraction of sp³-hybridized carbons (Fsp3) is 0.0588. The number of hydrogen-bond donors (Lipinski definition) is 3. The number of thiophene rings is 1. The van der Waals surface area contributed by atoms with Crippen LogP contribution in [0.1, 0.15) is 31.8 Å². The Morgan fingerprint density at radius 2 is 1.96 bits per heavy atom. The Hall–Kier alpha value is -2.57. The molecular weight excluding hydrogens is 348 g/mol. The van der Waals surface area contributed by atoms with E-state index in [9.17, 15) is 9.59 Å². The molecule has 1 aliphatic heterocycles. The van der Waals surface area contributed by atoms with Crippen molar-refractivity contribution in [3.8, 4) is 0 Å². The lowest BCUT2D eigenvalue weighted by Gasteiger charge is -2.27. The Morgan fingerprint density at radius 3 is 2.71 bits per heavy atom. The second-order valence-electron chi connectivity index (χ2n) is 5.39. The number of carbonyl (C=O) groups excluding carboxylic acids is 1. The Balaban J connectivity index is 1.77. The highest BCUT2D eigenvalue weighted by Crippen LogP contribution is 2.40. The SMILES string of the molecule is O=C(O)c1ccc(C2NC(=O)c3sc4ccccc4c3N2)c(Cl)c1. The van der Waals surface area contributed by atoms with E-state index in [1.165, 1.54) is 23.5 Å². The first-order valence-electron chi connectivity index (χ1n) is 7.16. The van der Waals surface area contributed by atoms with E-state index in [-0.39, 0.29) is 16.5 Å². The van der Waals surface area contributed by atoms with Crippen LogP contribution in [0.5, 0.6) is 0 Å². The molecule has 2 aromatic carbocycles. The smallest absolute Gasteiger partial charge is 0.335 e. The van der Waals surface area contributed by atoms with Crippen molar-refractivity contribution < 1.29 is 14.7 Å². The van der Waals surface area contributed by atoms with E-state index in [0.29, 0.717) is 10.4 Å². The van der Waals surface area contributed by atoms with Crippen LogP contribution in [-0.2, 0) is 0 Å². The van der Waals surface area contributed by atoms with E-state index in [2.05, 4.69) is 10.6 Å². The summed E-state index contributed by atoms with van der Waals surface area (Å²) in [5.74, 6) is -1.22. The standard InChI is InChI=1S/C17H11ClN2O3S/c18-11-7-8(17(22)23)5-6-9(11)15-19-13-10-3-1-2-4-12(10)24-14(13)16(21)20-15/h1-7,15,19H,(H,20,21)(H,22,23). The van der Waals surface area contributed by atoms with Crippen molar-refractivity contribution >= 4 is 50.6 Å². The number of carboxylic acid groups (broad SMARTS) is 1. The Morgan fingerprint density at radius 1 is 1.17 bits per heavy atom. The highest BCUT2D eigenvalue weighted by molar-refractivity contribution is 7.21. The van der Waals surface area contributed by atoms with Gasteiger partial charge in [0.15, 0.2) is 0 Å². The molecule has 24 heavy (non-hydrogen) atoms. The molecule has 0 saturated heterocycles. The number of amides is 1. The molecule has 5 nitrogen and oxygen atoms in total. The van der Waals surface area contributed by atoms with Gasteiger partial charge in [0.05, 0.1) is 11.3 Å². The van der Waals surface area contributed by atoms with Crippen LogP contribution in [0.15, 0.2) is 42.5 Å². The maximum Gasteiger partial charge on any atom is 0.335 e. The molecule has 0 fully saturated rings. The summed E-state index contributed by atoms with van der Waals surface area (Å²) in [6, 6.07) is 12.3. The van der Waals surface area contributed by atoms with Gasteiger partial charge in [0.25, 0.3) is 5.91 Å². The van der Waals surface area contributed by atoms with E-state index in [4.69, 9.17) is 16.7 Å². The van der Waals surface area contributed by atoms with Gasteiger partial charge >= 0.3 is 5.97 Å². The molecule has 0 bridgehead atoms. The van der Waals surface area contributed by atoms with Gasteiger partial charge in [-0.3, -0.25) is 4.79 Å². The third-order valence-electron chi connectivity index (χ3n) is 3.92. The summed E-state index contributed by atoms with van der Waals surface area (Å²) in [4.78, 5) is 24.1. The molecule has 1 aliphatic rings. The van der Waals surface area contributed by atoms with Crippen LogP contribution in [0.3, 0.4) is 0 Å². The number of anilines is 1. The number of fused-ring (bicyclic) bond motifs is 3. The molecule has 1 unspecified atom stereocenters. The van der Waals surface area contributed by atoms with Crippen LogP contribution in [-0.4, -0.2) is 17.0 Å². The van der Waals surface area contributed by atoms with Crippen molar-refractivity contribution in [2.45, 2.75) is 6.17 Å². The predicted octanol–water partition coefficient (Wildman–Crippen LogP) is 4.11. The summed E-state index contributed by atoms with van der Waals surface area (Å²) in [5.41, 5.74) is 1.51. The summed E-state index contributed by atoms with van der Waals surface area (Å²) in [6.45, 7) is 0. The zero-order valence-electron chi connectivity index (χ0n) is 12.2. The molecule has 7 heteroatoms. The predicted molar refractivity (Wildman–Crippen MR) is 94.1 cm³/mol. The summed E-state index contributed by atoms with van der Waals surface area (Å²) >= 11 is 7.65. The van der Waals surface area contributed by atoms with Gasteiger partial charge in [-0.1, -0.05) is 35.9 Å². The summed E-state index contributed by atoms with van der Waals surface area (Å²) in [7, 11) is 0. The van der Waals surface area contributed by atoms with Gasteiger partial charge in [-0.05, 0) is 18.2 Å². The highest BCUT2D eigenvalue weighted by Gasteiger charge is 2.29. The molecule has 0 saturated carbocycles. The highest BCUT2D eigenvalue weighted by atomic mass is 35.5. The molecule has 0 radical (unpaired) electrons. The van der Waals surface area contributed by atoms with Gasteiger partial charge in [0.1, 0.15) is 11.0 Å². The molecule has 1 atom stereocenters. The number of rotatable bonds is 2. The van der Waals surface area contributed by atoms with Crippen LogP contribution >= 0.6 is 22.9 Å². The van der Waals surface area contributed by atoms with E-state index in [1.807, 2.05) is 24.3 Å². The van der Waals surface area contributed by atoms with E-state index >= 15 is 0 Å². The van der Waals surface area contributed by atoms with Crippen LogP contribution in [0.2, 0.25) is 5.02 Å². The first-order chi connectivity index (χ1) is 11.5. The number of carboxylic acids is 1. The number of nitrogens with one attached hydrogen (secondary N) is 2. The summed E-state index contributed by atoms with van der Waals surface area (Å²) in [6.07, 6.45) is -0.515. The Kier molecular flexibility index (Phi) is 3.44. The molecule has 2 heterocycles. The number of halogens is 1. The van der Waals surface area contributed by atoms with Crippen LogP contribution in [0.25, 0.3) is 10.1 Å². The largest absolute Gasteiger partial charge is 0.478 e. The van der Waals surface area contributed by atoms with Gasteiger partial charge in [0.2, 0.25) is 0 Å². The Bertz CT molecular complexity index is 999. The fourth-order valence-corrected chi connectivity index (χ4v) is 4.13. The first kappa shape index (κ1) is 15.0. The molecule has 0 aliphatic carbocycles. The normalized spacial score (nSPS) is 16.4. The van der Waals surface area contributed by atoms with Gasteiger partial charge in [-0.2, -0.15) is 0 Å². The molecule has 4 rings (SSSR count). The molecular formula is C17H11ClN2O3S. The average molecular weight is 359 g/mol. The van der Waals surface area contributed by atoms with Crippen molar-refractivity contribution in [1.29, 1.82) is 0 Å². The minimum Gasteiger partial charge on any atom is -0.478 e. The van der Waals surface area contributed by atoms with Crippen molar-refractivity contribution in [3.05, 3.63) is 63.5 Å². The van der Waals surface area contributed by atoms with Gasteiger partial charge in [-0.25, -0.2) is 4.79 Å². The van der Waals surface area contributed by atoms with E-state index < -0.39 is 12.1 Å². The average Bonchev–Trinajstić information content (AvgIpc) is 2.94. The topological polar surface area (TPSA) is 78.4 Å². The van der Waals surface area contributed by atoms with Crippen LogP contribution in [0.4, 0.5) is 5.69 Å². The van der Waals surface area contributed by atoms with Crippen molar-refractivity contribution in [1.82, 2.24) is 5.32 Å². The second-order valence-corrected chi connectivity index (χ2v) is 6.85. The molecule has 1 aromatic heterocycles. The minimum atomic E-state index is -1.05. The summed E-state index contributed by atoms with van der Waals surface area (Å²) < 4.78 is 1.03. The zero-order chi connectivity index (χ0) is 16.8. The van der Waals surface area contributed by atoms with Crippen LogP contribution < -0.4 is 10.6 Å². The van der Waals surface area contributed by atoms with Crippen molar-refractivity contribution in [2.24, 2.45) is 0 Å². The third kappa shape index (κ3) is 2.31. The lowest BCUT2D eigenvalue weighted by molar-refractivity contribution is 0.0696. The second kappa shape index (κ2) is 5.51. The molecule has 0 spiro atoms. The van der Waals surface area contributed by atoms with Crippen molar-refractivity contribution in [2.75, 3.05) is 5.32 Å². The maximum atomic E-state index is 12.4. The monoisotopic (exact) mass is 358 g/mol. The van der Waals surface area contributed by atoms with Crippen LogP contribution in [0, 0.1) is 0 Å². The van der Waals surface area contributed by atoms with Gasteiger partial charge in [-0.15, -0.1) is 11.3 Å². The maximum absolute atomic E-state index is 12.4. The third-order valence-corrected chi connectivity index (χ3v) is 5.42. The number of carbonyl (C=O) groups is 2. The number of benzene rings is 2. The quantitative estimate of drug-likeness (QED) is 0.644. The molecule has 3 N–H and O–H groups in total. The van der Waals surface area contributed by atoms with E-state index in [1.54, 1.807) is 6.07 Å². The molecule has 1 amide bonds. The first-order valence-corrected chi connectivity index (χ1v) is 8.35. The number of aromatic carboxylic acids is 1. The molecule has 3 aromatic rings. The fourth-order valence-electron chi connectivity index (χ4n) is 2.78. The lowest BCUT2D eigenvalue weighted by atomic mass is 10.1. The van der Waals surface area contributed by atoms with Crippen molar-refractivity contribution in [3.63, 3.8) is 0 Å². The Labute approximate surface area is 145 Å². The lowest BCUT2D eigenvalue weighted by Crippen LogP contribution is -2.37. The molecule has 120 valence electrons. The van der Waals surface area contributed by atoms with E-state index in [0.717, 1.165) is 15.8 Å². The zero-order valence-corrected chi connectivity index (χ0v) is 13.7. The summed E-state index contributed by atoms with van der Waals surface area (Å²) in [5, 5.41) is 16.5. The number of hydrogen-bond acceptors (Lipinski definition) is 4. The van der Waals surface area contributed by atoms with Gasteiger partial charge < -0.3 is 15.7 Å². The van der Waals surface area contributed by atoms with Gasteiger partial charge in [0, 0.05) is 20.7 Å².